The van der Waals surface area contributed by atoms with Crippen LogP contribution in [0, 0.1) is 26.7 Å². The predicted octanol–water partition coefficient (Wildman–Crippen LogP) is 3.28. The summed E-state index contributed by atoms with van der Waals surface area (Å²) >= 11 is 1.68. The summed E-state index contributed by atoms with van der Waals surface area (Å²) in [5, 5.41) is 22.9. The molecule has 172 valence electrons. The van der Waals surface area contributed by atoms with Crippen molar-refractivity contribution in [1.29, 1.82) is 0 Å². The molecule has 2 aromatic heterocycles. The Hall–Kier alpha value is -3.04. The summed E-state index contributed by atoms with van der Waals surface area (Å²) < 4.78 is 2.00. The van der Waals surface area contributed by atoms with Crippen LogP contribution in [0.25, 0.3) is 5.00 Å². The fourth-order valence-corrected chi connectivity index (χ4v) is 5.78. The fraction of sp³-hybridized carbons (Fsp3) is 0.417. The minimum absolute atomic E-state index is 0.581. The highest BCUT2D eigenvalue weighted by Crippen LogP contribution is 2.40. The normalized spacial score (nSPS) is 18.8. The van der Waals surface area contributed by atoms with E-state index in [9.17, 15) is 9.90 Å². The van der Waals surface area contributed by atoms with Gasteiger partial charge in [0.1, 0.15) is 16.9 Å². The van der Waals surface area contributed by atoms with Gasteiger partial charge in [0.05, 0.1) is 11.6 Å². The third-order valence-corrected chi connectivity index (χ3v) is 7.87. The molecule has 0 radical (unpaired) electrons. The first-order valence-electron chi connectivity index (χ1n) is 11.3. The van der Waals surface area contributed by atoms with Crippen LogP contribution in [0.1, 0.15) is 46.2 Å². The summed E-state index contributed by atoms with van der Waals surface area (Å²) in [7, 11) is 0. The van der Waals surface area contributed by atoms with Crippen LogP contribution in [0.3, 0.4) is 0 Å². The van der Waals surface area contributed by atoms with Crippen molar-refractivity contribution in [3.05, 3.63) is 57.5 Å². The number of carbonyl (C=O) groups is 1. The highest BCUT2D eigenvalue weighted by atomic mass is 32.1. The number of anilines is 1. The molecule has 3 aromatic rings. The number of carboxylic acids is 1. The number of aromatic nitrogens is 3. The first-order valence-corrected chi connectivity index (χ1v) is 12.1. The topological polar surface area (TPSA) is 95.6 Å². The van der Waals surface area contributed by atoms with E-state index in [1.807, 2.05) is 11.5 Å². The average Bonchev–Trinajstić information content (AvgIpc) is 3.29. The van der Waals surface area contributed by atoms with Gasteiger partial charge in [-0.05, 0) is 45.4 Å². The van der Waals surface area contributed by atoms with Crippen molar-refractivity contribution < 1.29 is 9.90 Å². The van der Waals surface area contributed by atoms with Crippen molar-refractivity contribution in [3.8, 4) is 5.00 Å². The fourth-order valence-electron chi connectivity index (χ4n) is 4.57. The number of hydrogen-bond acceptors (Lipinski definition) is 7. The molecule has 2 N–H and O–H groups in total. The van der Waals surface area contributed by atoms with Crippen LogP contribution in [0.2, 0.25) is 0 Å². The molecule has 2 aliphatic heterocycles. The molecule has 2 aliphatic rings. The maximum Gasteiger partial charge on any atom is 0.308 e. The molecule has 1 fully saturated rings. The number of hydrogen-bond donors (Lipinski definition) is 2. The number of nitrogens with one attached hydrogen (secondary N) is 1. The van der Waals surface area contributed by atoms with Gasteiger partial charge in [0, 0.05) is 47.9 Å². The number of thiophene rings is 1. The molecule has 33 heavy (non-hydrogen) atoms. The highest BCUT2D eigenvalue weighted by Gasteiger charge is 2.36. The molecular weight excluding hydrogens is 436 g/mol. The Morgan fingerprint density at radius 2 is 1.85 bits per heavy atom. The zero-order chi connectivity index (χ0) is 23.3. The maximum atomic E-state index is 12.0. The smallest absolute Gasteiger partial charge is 0.308 e. The van der Waals surface area contributed by atoms with E-state index in [0.717, 1.165) is 59.4 Å². The van der Waals surface area contributed by atoms with Gasteiger partial charge in [-0.15, -0.1) is 21.5 Å². The number of carboxylic acid groups (broad SMARTS) is 1. The number of aryl methyl sites for hydroxylation is 2. The van der Waals surface area contributed by atoms with Crippen molar-refractivity contribution in [2.24, 2.45) is 10.9 Å². The van der Waals surface area contributed by atoms with E-state index in [1.54, 1.807) is 18.3 Å². The van der Waals surface area contributed by atoms with Crippen LogP contribution in [0.5, 0.6) is 0 Å². The Kier molecular flexibility index (Phi) is 5.54. The summed E-state index contributed by atoms with van der Waals surface area (Å²) in [5.41, 5.74) is 5.19. The number of piperazine rings is 1. The van der Waals surface area contributed by atoms with Gasteiger partial charge >= 0.3 is 5.97 Å². The standard InChI is InChI=1S/C24H28N6O2S/c1-13-15(3)33-23-19(13)21(17-5-7-18(8-6-17)29-11-9-25-10-12-29)26-20(14(2)24(31)32)22-28-27-16(4)30(22)23/h5-8,14,20,25H,9-12H2,1-4H3,(H,31,32)/t14?,20-/m0/s1. The zero-order valence-electron chi connectivity index (χ0n) is 19.3. The number of aliphatic carboxylic acids is 1. The quantitative estimate of drug-likeness (QED) is 0.615. The molecule has 5 rings (SSSR count). The van der Waals surface area contributed by atoms with E-state index < -0.39 is 17.9 Å². The first kappa shape index (κ1) is 21.8. The summed E-state index contributed by atoms with van der Waals surface area (Å²) in [4.78, 5) is 20.6. The van der Waals surface area contributed by atoms with Gasteiger partial charge < -0.3 is 15.3 Å². The van der Waals surface area contributed by atoms with Crippen LogP contribution in [0.15, 0.2) is 29.3 Å². The van der Waals surface area contributed by atoms with E-state index >= 15 is 0 Å². The zero-order valence-corrected chi connectivity index (χ0v) is 20.1. The number of benzene rings is 1. The summed E-state index contributed by atoms with van der Waals surface area (Å²) in [5.74, 6) is -0.321. The van der Waals surface area contributed by atoms with Crippen LogP contribution in [-0.2, 0) is 4.79 Å². The Morgan fingerprint density at radius 1 is 1.15 bits per heavy atom. The Labute approximate surface area is 197 Å². The highest BCUT2D eigenvalue weighted by molar-refractivity contribution is 7.15. The molecule has 1 saturated heterocycles. The molecular formula is C24H28N6O2S. The Balaban J connectivity index is 1.67. The Morgan fingerprint density at radius 3 is 2.52 bits per heavy atom. The molecule has 0 aliphatic carbocycles. The van der Waals surface area contributed by atoms with Gasteiger partial charge in [-0.1, -0.05) is 12.1 Å². The molecule has 9 heteroatoms. The van der Waals surface area contributed by atoms with Crippen molar-refractivity contribution in [2.45, 2.75) is 33.7 Å². The van der Waals surface area contributed by atoms with E-state index in [4.69, 9.17) is 4.99 Å². The van der Waals surface area contributed by atoms with Gasteiger partial charge in [0.2, 0.25) is 0 Å². The van der Waals surface area contributed by atoms with Crippen LogP contribution < -0.4 is 10.2 Å². The van der Waals surface area contributed by atoms with Crippen LogP contribution >= 0.6 is 11.3 Å². The van der Waals surface area contributed by atoms with Crippen LogP contribution in [-0.4, -0.2) is 57.7 Å². The molecule has 1 aromatic carbocycles. The predicted molar refractivity (Wildman–Crippen MR) is 130 cm³/mol. The lowest BCUT2D eigenvalue weighted by Gasteiger charge is -2.29. The minimum Gasteiger partial charge on any atom is -0.481 e. The molecule has 0 amide bonds. The SMILES string of the molecule is Cc1sc2c(c1C)C(c1ccc(N3CCNCC3)cc1)=N[C@@H](C(C)C(=O)O)c1nnc(C)n1-2. The van der Waals surface area contributed by atoms with E-state index in [2.05, 4.69) is 58.5 Å². The van der Waals surface area contributed by atoms with Gasteiger partial charge in [-0.25, -0.2) is 0 Å². The molecule has 8 nitrogen and oxygen atoms in total. The molecule has 1 unspecified atom stereocenters. The number of rotatable bonds is 4. The summed E-state index contributed by atoms with van der Waals surface area (Å²) in [6.45, 7) is 11.7. The minimum atomic E-state index is -0.900. The number of aliphatic imine (C=N–C) groups is 1. The first-order chi connectivity index (χ1) is 15.9. The molecule has 4 heterocycles. The van der Waals surface area contributed by atoms with Gasteiger partial charge in [0.25, 0.3) is 0 Å². The van der Waals surface area contributed by atoms with Gasteiger partial charge in [0.15, 0.2) is 5.82 Å². The lowest BCUT2D eigenvalue weighted by molar-refractivity contribution is -0.141. The van der Waals surface area contributed by atoms with Crippen molar-refractivity contribution in [3.63, 3.8) is 0 Å². The number of nitrogens with zero attached hydrogens (tertiary/aromatic N) is 5. The lowest BCUT2D eigenvalue weighted by atomic mass is 9.98. The van der Waals surface area contributed by atoms with Crippen molar-refractivity contribution in [1.82, 2.24) is 20.1 Å². The summed E-state index contributed by atoms with van der Waals surface area (Å²) in [6.07, 6.45) is 0. The lowest BCUT2D eigenvalue weighted by Crippen LogP contribution is -2.43. The van der Waals surface area contributed by atoms with E-state index in [-0.39, 0.29) is 0 Å². The van der Waals surface area contributed by atoms with Crippen molar-refractivity contribution in [2.75, 3.05) is 31.1 Å². The molecule has 0 spiro atoms. The van der Waals surface area contributed by atoms with Crippen LogP contribution in [0.4, 0.5) is 5.69 Å². The largest absolute Gasteiger partial charge is 0.481 e. The van der Waals surface area contributed by atoms with Gasteiger partial charge in [-0.2, -0.15) is 0 Å². The monoisotopic (exact) mass is 464 g/mol. The Bertz CT molecular complexity index is 1240. The second-order valence-electron chi connectivity index (χ2n) is 8.74. The van der Waals surface area contributed by atoms with Gasteiger partial charge in [-0.3, -0.25) is 14.4 Å². The second kappa shape index (κ2) is 8.39. The molecule has 2 atom stereocenters. The molecule has 0 bridgehead atoms. The number of fused-ring (bicyclic) bond motifs is 3. The molecule has 0 saturated carbocycles. The summed E-state index contributed by atoms with van der Waals surface area (Å²) in [6, 6.07) is 7.86. The second-order valence-corrected chi connectivity index (χ2v) is 9.94. The third kappa shape index (κ3) is 3.65. The van der Waals surface area contributed by atoms with E-state index in [1.165, 1.54) is 10.6 Å². The maximum absolute atomic E-state index is 12.0. The third-order valence-electron chi connectivity index (χ3n) is 6.68. The van der Waals surface area contributed by atoms with Crippen molar-refractivity contribution >= 4 is 28.7 Å². The average molecular weight is 465 g/mol. The van der Waals surface area contributed by atoms with E-state index in [0.29, 0.717) is 5.82 Å².